The average molecular weight is 498 g/mol. The minimum absolute atomic E-state index is 0.0285. The molecule has 0 saturated carbocycles. The first-order valence-corrected chi connectivity index (χ1v) is 11.6. The molecule has 0 atom stereocenters. The number of dihydropyridines is 1. The molecule has 0 bridgehead atoms. The number of aryl methyl sites for hydroxylation is 1. The van der Waals surface area contributed by atoms with Crippen LogP contribution in [0.2, 0.25) is 5.02 Å². The van der Waals surface area contributed by atoms with Gasteiger partial charge in [-0.2, -0.15) is 0 Å². The highest BCUT2D eigenvalue weighted by Gasteiger charge is 2.23. The van der Waals surface area contributed by atoms with E-state index >= 15 is 0 Å². The van der Waals surface area contributed by atoms with Gasteiger partial charge in [0.05, 0.1) is 5.71 Å². The van der Waals surface area contributed by atoms with E-state index in [2.05, 4.69) is 31.8 Å². The van der Waals surface area contributed by atoms with Gasteiger partial charge in [0.25, 0.3) is 0 Å². The van der Waals surface area contributed by atoms with E-state index in [1.165, 1.54) is 12.1 Å². The molecule has 4 heterocycles. The van der Waals surface area contributed by atoms with Crippen LogP contribution in [0.3, 0.4) is 0 Å². The van der Waals surface area contributed by atoms with Crippen LogP contribution in [0.25, 0.3) is 16.7 Å². The smallest absolute Gasteiger partial charge is 0.225 e. The maximum Gasteiger partial charge on any atom is 0.225 e. The fourth-order valence-corrected chi connectivity index (χ4v) is 4.40. The number of aliphatic imine (C=N–C) groups is 2. The van der Waals surface area contributed by atoms with E-state index in [1.807, 2.05) is 18.2 Å². The molecule has 2 aromatic heterocycles. The molecule has 0 saturated heterocycles. The molecular formula is C28H21ClFN5O. The third-order valence-corrected chi connectivity index (χ3v) is 6.20. The molecule has 0 spiro atoms. The monoisotopic (exact) mass is 497 g/mol. The lowest BCUT2D eigenvalue weighted by atomic mass is 9.91. The summed E-state index contributed by atoms with van der Waals surface area (Å²) in [7, 11) is 1.64. The Bertz CT molecular complexity index is 1540. The van der Waals surface area contributed by atoms with Gasteiger partial charge in [-0.1, -0.05) is 30.3 Å². The van der Waals surface area contributed by atoms with Crippen LogP contribution in [0, 0.1) is 5.82 Å². The molecule has 8 heteroatoms. The number of fused-ring (bicyclic) bond motifs is 1. The van der Waals surface area contributed by atoms with Crippen LogP contribution in [0.4, 0.5) is 10.2 Å². The van der Waals surface area contributed by atoms with Gasteiger partial charge in [0, 0.05) is 64.9 Å². The molecule has 178 valence electrons. The normalized spacial score (nSPS) is 17.4. The molecule has 1 aromatic carbocycles. The fraction of sp³-hybridized carbons (Fsp3) is 0.107. The number of aromatic nitrogens is 2. The fourth-order valence-electron chi connectivity index (χ4n) is 4.22. The number of nitrogens with one attached hydrogen (secondary N) is 1. The summed E-state index contributed by atoms with van der Waals surface area (Å²) in [6.07, 6.45) is 11.6. The Morgan fingerprint density at radius 3 is 2.72 bits per heavy atom. The van der Waals surface area contributed by atoms with Crippen LogP contribution >= 0.6 is 11.6 Å². The average Bonchev–Trinajstić information content (AvgIpc) is 2.90. The van der Waals surface area contributed by atoms with Gasteiger partial charge in [-0.3, -0.25) is 14.8 Å². The lowest BCUT2D eigenvalue weighted by Crippen LogP contribution is -2.20. The van der Waals surface area contributed by atoms with Crippen LogP contribution in [0.5, 0.6) is 0 Å². The summed E-state index contributed by atoms with van der Waals surface area (Å²) >= 11 is 6.15. The number of benzene rings is 1. The van der Waals surface area contributed by atoms with Gasteiger partial charge in [0.15, 0.2) is 5.84 Å². The Morgan fingerprint density at radius 1 is 1.11 bits per heavy atom. The number of amides is 1. The van der Waals surface area contributed by atoms with Gasteiger partial charge in [0.1, 0.15) is 11.6 Å². The van der Waals surface area contributed by atoms with Gasteiger partial charge in [-0.05, 0) is 54.0 Å². The second-order valence-electron chi connectivity index (χ2n) is 8.28. The lowest BCUT2D eigenvalue weighted by molar-refractivity contribution is -0.116. The number of rotatable bonds is 4. The van der Waals surface area contributed by atoms with Crippen molar-refractivity contribution in [2.45, 2.75) is 12.8 Å². The second kappa shape index (κ2) is 9.79. The number of anilines is 1. The van der Waals surface area contributed by atoms with E-state index in [9.17, 15) is 9.18 Å². The summed E-state index contributed by atoms with van der Waals surface area (Å²) in [5, 5.41) is 3.21. The number of pyridine rings is 2. The summed E-state index contributed by atoms with van der Waals surface area (Å²) in [6.45, 7) is 3.83. The summed E-state index contributed by atoms with van der Waals surface area (Å²) in [5.74, 6) is 0.579. The Balaban J connectivity index is 1.62. The van der Waals surface area contributed by atoms with Gasteiger partial charge in [0.2, 0.25) is 5.91 Å². The lowest BCUT2D eigenvalue weighted by Gasteiger charge is -2.20. The standard InChI is InChI=1S/C28H21ClFN5O/c1-3-4-21-22(12-25(34-28(21)31-2)23-11-20(29)6-7-24(23)30)19-10-17(13-32-14-19)18-9-16-5-8-26(36)35-27(16)33-15-18/h3-4,6-7,9-15H,1,5,8H2,2H3,(H,33,35,36). The quantitative estimate of drug-likeness (QED) is 0.491. The molecular weight excluding hydrogens is 477 g/mol. The minimum atomic E-state index is -0.431. The molecule has 2 aliphatic heterocycles. The number of amidine groups is 1. The number of allylic oxidation sites excluding steroid dienone is 3. The van der Waals surface area contributed by atoms with Gasteiger partial charge in [-0.15, -0.1) is 0 Å². The molecule has 36 heavy (non-hydrogen) atoms. The topological polar surface area (TPSA) is 79.6 Å². The number of carbonyl (C=O) groups excluding carboxylic acids is 1. The Hall–Kier alpha value is -4.23. The number of halogens is 2. The second-order valence-corrected chi connectivity index (χ2v) is 8.72. The molecule has 5 rings (SSSR count). The molecule has 0 fully saturated rings. The maximum atomic E-state index is 14.7. The predicted molar refractivity (Wildman–Crippen MR) is 142 cm³/mol. The number of hydrogen-bond donors (Lipinski definition) is 1. The van der Waals surface area contributed by atoms with Crippen molar-refractivity contribution in [2.75, 3.05) is 12.4 Å². The van der Waals surface area contributed by atoms with Crippen molar-refractivity contribution >= 4 is 40.4 Å². The summed E-state index contributed by atoms with van der Waals surface area (Å²) in [5.41, 5.74) is 5.70. The highest BCUT2D eigenvalue weighted by atomic mass is 35.5. The van der Waals surface area contributed by atoms with Crippen molar-refractivity contribution in [2.24, 2.45) is 9.98 Å². The first kappa shape index (κ1) is 23.5. The zero-order valence-corrected chi connectivity index (χ0v) is 20.2. The van der Waals surface area contributed by atoms with E-state index in [0.717, 1.165) is 33.4 Å². The third kappa shape index (κ3) is 4.53. The van der Waals surface area contributed by atoms with Crippen LogP contribution < -0.4 is 5.32 Å². The van der Waals surface area contributed by atoms with Crippen molar-refractivity contribution in [3.63, 3.8) is 0 Å². The number of hydrogen-bond acceptors (Lipinski definition) is 4. The SMILES string of the molecule is C=CC=C1C(c2cncc(-c3cnc4c(c3)CCC(=O)N4)c2)=CC(c2cc(Cl)ccc2F)=NC1=NC. The van der Waals surface area contributed by atoms with Crippen molar-refractivity contribution in [1.29, 1.82) is 0 Å². The van der Waals surface area contributed by atoms with Crippen LogP contribution in [0.15, 0.2) is 89.3 Å². The Labute approximate surface area is 212 Å². The van der Waals surface area contributed by atoms with E-state index in [1.54, 1.807) is 43.9 Å². The van der Waals surface area contributed by atoms with Gasteiger partial charge < -0.3 is 5.32 Å². The zero-order chi connectivity index (χ0) is 25.2. The minimum Gasteiger partial charge on any atom is -0.310 e. The first-order chi connectivity index (χ1) is 17.5. The largest absolute Gasteiger partial charge is 0.310 e. The predicted octanol–water partition coefficient (Wildman–Crippen LogP) is 5.85. The van der Waals surface area contributed by atoms with E-state index in [0.29, 0.717) is 35.2 Å². The van der Waals surface area contributed by atoms with Gasteiger partial charge in [-0.25, -0.2) is 14.4 Å². The van der Waals surface area contributed by atoms with E-state index < -0.39 is 5.82 Å². The van der Waals surface area contributed by atoms with E-state index in [-0.39, 0.29) is 11.5 Å². The molecule has 0 unspecified atom stereocenters. The maximum absolute atomic E-state index is 14.7. The molecule has 6 nitrogen and oxygen atoms in total. The van der Waals surface area contributed by atoms with Crippen molar-refractivity contribution < 1.29 is 9.18 Å². The van der Waals surface area contributed by atoms with Crippen LogP contribution in [-0.2, 0) is 11.2 Å². The first-order valence-electron chi connectivity index (χ1n) is 11.3. The molecule has 1 N–H and O–H groups in total. The number of carbonyl (C=O) groups is 1. The van der Waals surface area contributed by atoms with Crippen molar-refractivity contribution in [3.05, 3.63) is 107 Å². The van der Waals surface area contributed by atoms with Gasteiger partial charge >= 0.3 is 0 Å². The zero-order valence-electron chi connectivity index (χ0n) is 19.4. The molecule has 0 aliphatic carbocycles. The van der Waals surface area contributed by atoms with E-state index in [4.69, 9.17) is 11.6 Å². The summed E-state index contributed by atoms with van der Waals surface area (Å²) in [4.78, 5) is 29.5. The molecule has 3 aromatic rings. The van der Waals surface area contributed by atoms with Crippen LogP contribution in [-0.4, -0.2) is 34.5 Å². The molecule has 0 radical (unpaired) electrons. The summed E-state index contributed by atoms with van der Waals surface area (Å²) < 4.78 is 14.7. The van der Waals surface area contributed by atoms with Crippen molar-refractivity contribution in [3.8, 4) is 11.1 Å². The summed E-state index contributed by atoms with van der Waals surface area (Å²) in [6, 6.07) is 8.37. The van der Waals surface area contributed by atoms with Crippen LogP contribution in [0.1, 0.15) is 23.1 Å². The Kier molecular flexibility index (Phi) is 6.40. The number of nitrogens with zero attached hydrogens (tertiary/aromatic N) is 4. The molecule has 2 aliphatic rings. The highest BCUT2D eigenvalue weighted by molar-refractivity contribution is 6.32. The highest BCUT2D eigenvalue weighted by Crippen LogP contribution is 2.33. The Morgan fingerprint density at radius 2 is 1.92 bits per heavy atom. The van der Waals surface area contributed by atoms with Crippen molar-refractivity contribution in [1.82, 2.24) is 9.97 Å². The third-order valence-electron chi connectivity index (χ3n) is 5.97. The molecule has 1 amide bonds.